The average Bonchev–Trinajstić information content (AvgIpc) is 2.79. The number of aryl methyl sites for hydroxylation is 1. The lowest BCUT2D eigenvalue weighted by Crippen LogP contribution is -2.43. The molecule has 0 spiro atoms. The van der Waals surface area contributed by atoms with E-state index in [1.54, 1.807) is 6.33 Å². The minimum absolute atomic E-state index is 1.13. The van der Waals surface area contributed by atoms with E-state index in [1.807, 2.05) is 6.20 Å². The molecule has 0 aliphatic carbocycles. The number of rotatable bonds is 5. The third-order valence-corrected chi connectivity index (χ3v) is 2.93. The summed E-state index contributed by atoms with van der Waals surface area (Å²) in [5.41, 5.74) is 1.26. The van der Waals surface area contributed by atoms with Crippen LogP contribution in [0.15, 0.2) is 12.5 Å². The Bertz CT molecular complexity index is 252. The van der Waals surface area contributed by atoms with Gasteiger partial charge < -0.3 is 15.2 Å². The Labute approximate surface area is 91.1 Å². The molecule has 2 N–H and O–H groups in total. The van der Waals surface area contributed by atoms with E-state index in [0.29, 0.717) is 0 Å². The van der Waals surface area contributed by atoms with E-state index < -0.39 is 0 Å². The molecule has 84 valence electrons. The second-order valence-electron chi connectivity index (χ2n) is 4.13. The highest BCUT2D eigenvalue weighted by atomic mass is 15.2. The van der Waals surface area contributed by atoms with E-state index in [9.17, 15) is 0 Å². The van der Waals surface area contributed by atoms with E-state index in [-0.39, 0.29) is 0 Å². The topological polar surface area (TPSA) is 44.0 Å². The van der Waals surface area contributed by atoms with Crippen LogP contribution in [-0.4, -0.2) is 47.6 Å². The third kappa shape index (κ3) is 3.64. The van der Waals surface area contributed by atoms with Crippen LogP contribution in [0.4, 0.5) is 0 Å². The van der Waals surface area contributed by atoms with E-state index in [4.69, 9.17) is 0 Å². The SMILES string of the molecule is c1ncc(CCCCN2CCNCC2)[nH]1. The molecule has 4 heteroatoms. The van der Waals surface area contributed by atoms with Gasteiger partial charge in [-0.25, -0.2) is 4.98 Å². The van der Waals surface area contributed by atoms with Crippen LogP contribution in [-0.2, 0) is 6.42 Å². The Hall–Kier alpha value is -0.870. The van der Waals surface area contributed by atoms with Crippen molar-refractivity contribution in [1.82, 2.24) is 20.2 Å². The minimum atomic E-state index is 1.13. The second kappa shape index (κ2) is 5.88. The molecular formula is C11H20N4. The van der Waals surface area contributed by atoms with E-state index in [1.165, 1.54) is 38.2 Å². The molecule has 2 rings (SSSR count). The van der Waals surface area contributed by atoms with Crippen molar-refractivity contribution in [3.63, 3.8) is 0 Å². The second-order valence-corrected chi connectivity index (χ2v) is 4.13. The number of imidazole rings is 1. The maximum atomic E-state index is 4.02. The Morgan fingerprint density at radius 3 is 2.87 bits per heavy atom. The molecule has 0 atom stereocenters. The number of H-pyrrole nitrogens is 1. The molecule has 0 unspecified atom stereocenters. The van der Waals surface area contributed by atoms with Gasteiger partial charge in [0.25, 0.3) is 0 Å². The van der Waals surface area contributed by atoms with Crippen LogP contribution >= 0.6 is 0 Å². The summed E-state index contributed by atoms with van der Waals surface area (Å²) >= 11 is 0. The summed E-state index contributed by atoms with van der Waals surface area (Å²) in [6, 6.07) is 0. The first-order valence-corrected chi connectivity index (χ1v) is 5.85. The lowest BCUT2D eigenvalue weighted by Gasteiger charge is -2.26. The number of unbranched alkanes of at least 4 members (excludes halogenated alkanes) is 1. The van der Waals surface area contributed by atoms with Gasteiger partial charge in [0.1, 0.15) is 0 Å². The number of piperazine rings is 1. The molecule has 1 aliphatic rings. The number of nitrogens with one attached hydrogen (secondary N) is 2. The number of aromatic amines is 1. The summed E-state index contributed by atoms with van der Waals surface area (Å²) in [7, 11) is 0. The monoisotopic (exact) mass is 208 g/mol. The molecule has 0 saturated carbocycles. The predicted molar refractivity (Wildman–Crippen MR) is 60.8 cm³/mol. The van der Waals surface area contributed by atoms with Gasteiger partial charge in [-0.3, -0.25) is 0 Å². The summed E-state index contributed by atoms with van der Waals surface area (Å²) in [6.07, 6.45) is 7.35. The van der Waals surface area contributed by atoms with Crippen molar-refractivity contribution in [2.24, 2.45) is 0 Å². The Balaban J connectivity index is 1.54. The zero-order valence-corrected chi connectivity index (χ0v) is 9.21. The van der Waals surface area contributed by atoms with Crippen LogP contribution in [0.5, 0.6) is 0 Å². The van der Waals surface area contributed by atoms with Crippen molar-refractivity contribution in [3.8, 4) is 0 Å². The van der Waals surface area contributed by atoms with E-state index >= 15 is 0 Å². The molecular weight excluding hydrogens is 188 g/mol. The van der Waals surface area contributed by atoms with Gasteiger partial charge in [0.2, 0.25) is 0 Å². The van der Waals surface area contributed by atoms with Crippen LogP contribution in [0.1, 0.15) is 18.5 Å². The van der Waals surface area contributed by atoms with Crippen LogP contribution in [0.2, 0.25) is 0 Å². The normalized spacial score (nSPS) is 18.1. The van der Waals surface area contributed by atoms with Gasteiger partial charge in [0.05, 0.1) is 6.33 Å². The van der Waals surface area contributed by atoms with Gasteiger partial charge in [0, 0.05) is 38.1 Å². The minimum Gasteiger partial charge on any atom is -0.348 e. The van der Waals surface area contributed by atoms with Crippen molar-refractivity contribution >= 4 is 0 Å². The molecule has 1 aliphatic heterocycles. The number of hydrogen-bond donors (Lipinski definition) is 2. The molecule has 4 nitrogen and oxygen atoms in total. The smallest absolute Gasteiger partial charge is 0.0921 e. The zero-order chi connectivity index (χ0) is 10.3. The molecule has 1 saturated heterocycles. The lowest BCUT2D eigenvalue weighted by atomic mass is 10.2. The number of aromatic nitrogens is 2. The molecule has 0 bridgehead atoms. The molecule has 1 aromatic heterocycles. The number of hydrogen-bond acceptors (Lipinski definition) is 3. The Morgan fingerprint density at radius 1 is 1.27 bits per heavy atom. The fourth-order valence-electron chi connectivity index (χ4n) is 2.01. The Morgan fingerprint density at radius 2 is 2.13 bits per heavy atom. The predicted octanol–water partition coefficient (Wildman–Crippen LogP) is 0.638. The molecule has 0 amide bonds. The average molecular weight is 208 g/mol. The van der Waals surface area contributed by atoms with Crippen molar-refractivity contribution < 1.29 is 0 Å². The largest absolute Gasteiger partial charge is 0.348 e. The third-order valence-electron chi connectivity index (χ3n) is 2.93. The summed E-state index contributed by atoms with van der Waals surface area (Å²) in [5.74, 6) is 0. The first kappa shape index (κ1) is 10.6. The first-order valence-electron chi connectivity index (χ1n) is 5.85. The maximum Gasteiger partial charge on any atom is 0.0921 e. The molecule has 0 radical (unpaired) electrons. The first-order chi connectivity index (χ1) is 7.45. The van der Waals surface area contributed by atoms with Gasteiger partial charge >= 0.3 is 0 Å². The van der Waals surface area contributed by atoms with E-state index in [0.717, 1.165) is 19.5 Å². The highest BCUT2D eigenvalue weighted by Gasteiger charge is 2.08. The van der Waals surface area contributed by atoms with Crippen LogP contribution in [0, 0.1) is 0 Å². The number of nitrogens with zero attached hydrogens (tertiary/aromatic N) is 2. The highest BCUT2D eigenvalue weighted by Crippen LogP contribution is 2.02. The standard InChI is InChI=1S/C11H20N4/c1(3-11-9-13-10-14-11)2-6-15-7-4-12-5-8-15/h9-10,12H,1-8H2,(H,13,14). The van der Waals surface area contributed by atoms with Crippen molar-refractivity contribution in [1.29, 1.82) is 0 Å². The molecule has 0 aromatic carbocycles. The van der Waals surface area contributed by atoms with Gasteiger partial charge in [0.15, 0.2) is 0 Å². The summed E-state index contributed by atoms with van der Waals surface area (Å²) in [5, 5.41) is 3.37. The van der Waals surface area contributed by atoms with Gasteiger partial charge in [-0.15, -0.1) is 0 Å². The summed E-state index contributed by atoms with van der Waals surface area (Å²) < 4.78 is 0. The zero-order valence-electron chi connectivity index (χ0n) is 9.21. The fourth-order valence-corrected chi connectivity index (χ4v) is 2.01. The molecule has 1 fully saturated rings. The summed E-state index contributed by atoms with van der Waals surface area (Å²) in [6.45, 7) is 5.98. The quantitative estimate of drug-likeness (QED) is 0.698. The van der Waals surface area contributed by atoms with Crippen LogP contribution in [0.25, 0.3) is 0 Å². The Kier molecular flexibility index (Phi) is 4.17. The van der Waals surface area contributed by atoms with Crippen molar-refractivity contribution in [2.45, 2.75) is 19.3 Å². The summed E-state index contributed by atoms with van der Waals surface area (Å²) in [4.78, 5) is 9.70. The molecule has 2 heterocycles. The molecule has 15 heavy (non-hydrogen) atoms. The van der Waals surface area contributed by atoms with E-state index in [2.05, 4.69) is 20.2 Å². The lowest BCUT2D eigenvalue weighted by molar-refractivity contribution is 0.237. The van der Waals surface area contributed by atoms with Crippen molar-refractivity contribution in [2.75, 3.05) is 32.7 Å². The van der Waals surface area contributed by atoms with Crippen LogP contribution < -0.4 is 5.32 Å². The molecule has 1 aromatic rings. The maximum absolute atomic E-state index is 4.02. The van der Waals surface area contributed by atoms with Gasteiger partial charge in [-0.05, 0) is 25.8 Å². The fraction of sp³-hybridized carbons (Fsp3) is 0.727. The van der Waals surface area contributed by atoms with Crippen LogP contribution in [0.3, 0.4) is 0 Å². The van der Waals surface area contributed by atoms with Gasteiger partial charge in [-0.2, -0.15) is 0 Å². The highest BCUT2D eigenvalue weighted by molar-refractivity contribution is 4.93. The van der Waals surface area contributed by atoms with Crippen molar-refractivity contribution in [3.05, 3.63) is 18.2 Å². The van der Waals surface area contributed by atoms with Gasteiger partial charge in [-0.1, -0.05) is 0 Å².